The van der Waals surface area contributed by atoms with E-state index >= 15 is 0 Å². The van der Waals surface area contributed by atoms with Gasteiger partial charge in [-0.05, 0) is 31.4 Å². The maximum Gasteiger partial charge on any atom is 0.391 e. The van der Waals surface area contributed by atoms with Crippen LogP contribution in [0.15, 0.2) is 18.2 Å². The van der Waals surface area contributed by atoms with Crippen LogP contribution in [0.2, 0.25) is 5.02 Å². The first-order chi connectivity index (χ1) is 10.7. The third kappa shape index (κ3) is 4.34. The van der Waals surface area contributed by atoms with E-state index in [1.807, 2.05) is 0 Å². The van der Waals surface area contributed by atoms with Gasteiger partial charge in [-0.1, -0.05) is 18.0 Å². The highest BCUT2D eigenvalue weighted by Gasteiger charge is 2.42. The van der Waals surface area contributed by atoms with Crippen molar-refractivity contribution < 1.29 is 22.9 Å². The van der Waals surface area contributed by atoms with Crippen molar-refractivity contribution in [3.8, 4) is 0 Å². The molecule has 1 aromatic carbocycles. The molecule has 23 heavy (non-hydrogen) atoms. The highest BCUT2D eigenvalue weighted by molar-refractivity contribution is 6.31. The number of rotatable bonds is 3. The summed E-state index contributed by atoms with van der Waals surface area (Å²) in [6, 6.07) is 2.90. The minimum atomic E-state index is -4.30. The summed E-state index contributed by atoms with van der Waals surface area (Å²) in [5.74, 6) is -2.22. The molecular formula is C14H14ClF3N2O3. The van der Waals surface area contributed by atoms with Crippen LogP contribution in [0.3, 0.4) is 0 Å². The molecule has 1 aromatic rings. The molecule has 1 aliphatic carbocycles. The fourth-order valence-corrected chi connectivity index (χ4v) is 2.90. The monoisotopic (exact) mass is 350 g/mol. The zero-order valence-corrected chi connectivity index (χ0v) is 12.7. The Kier molecular flexibility index (Phi) is 5.13. The van der Waals surface area contributed by atoms with Crippen molar-refractivity contribution in [2.75, 3.05) is 0 Å². The molecule has 2 unspecified atom stereocenters. The third-order valence-corrected chi connectivity index (χ3v) is 4.11. The summed E-state index contributed by atoms with van der Waals surface area (Å²) in [4.78, 5) is 22.4. The van der Waals surface area contributed by atoms with Crippen LogP contribution >= 0.6 is 11.6 Å². The number of carbonyl (C=O) groups is 1. The van der Waals surface area contributed by atoms with E-state index in [0.717, 1.165) is 6.07 Å². The van der Waals surface area contributed by atoms with Gasteiger partial charge in [0.25, 0.3) is 11.6 Å². The van der Waals surface area contributed by atoms with Crippen LogP contribution in [-0.4, -0.2) is 23.0 Å². The van der Waals surface area contributed by atoms with Crippen LogP contribution in [0.25, 0.3) is 0 Å². The van der Waals surface area contributed by atoms with Gasteiger partial charge >= 0.3 is 6.18 Å². The Hall–Kier alpha value is -1.83. The summed E-state index contributed by atoms with van der Waals surface area (Å²) in [6.07, 6.45) is -3.71. The highest BCUT2D eigenvalue weighted by Crippen LogP contribution is 2.37. The van der Waals surface area contributed by atoms with E-state index in [-0.39, 0.29) is 23.4 Å². The van der Waals surface area contributed by atoms with Crippen molar-refractivity contribution >= 4 is 23.2 Å². The Labute approximate surface area is 135 Å². The molecule has 0 saturated heterocycles. The van der Waals surface area contributed by atoms with Crippen LogP contribution in [0, 0.1) is 16.0 Å². The Morgan fingerprint density at radius 1 is 1.35 bits per heavy atom. The van der Waals surface area contributed by atoms with E-state index in [9.17, 15) is 28.1 Å². The third-order valence-electron chi connectivity index (χ3n) is 3.87. The number of hydrogen-bond acceptors (Lipinski definition) is 3. The maximum atomic E-state index is 12.8. The van der Waals surface area contributed by atoms with Gasteiger partial charge in [0.05, 0.1) is 10.8 Å². The van der Waals surface area contributed by atoms with Gasteiger partial charge < -0.3 is 5.32 Å². The summed E-state index contributed by atoms with van der Waals surface area (Å²) in [5.41, 5.74) is -0.688. The molecule has 0 heterocycles. The van der Waals surface area contributed by atoms with Gasteiger partial charge in [-0.15, -0.1) is 0 Å². The first-order valence-corrected chi connectivity index (χ1v) is 7.38. The van der Waals surface area contributed by atoms with Crippen LogP contribution in [-0.2, 0) is 0 Å². The minimum Gasteiger partial charge on any atom is -0.349 e. The highest BCUT2D eigenvalue weighted by atomic mass is 35.5. The second-order valence-electron chi connectivity index (χ2n) is 5.49. The predicted octanol–water partition coefficient (Wildman–Crippen LogP) is 4.10. The van der Waals surface area contributed by atoms with Crippen molar-refractivity contribution in [1.29, 1.82) is 0 Å². The topological polar surface area (TPSA) is 72.2 Å². The SMILES string of the molecule is O=C(NC1CCCC(C(F)(F)F)C1)c1ccc(Cl)cc1[N+](=O)[O-]. The molecule has 0 aromatic heterocycles. The number of halogens is 4. The first kappa shape index (κ1) is 17.5. The van der Waals surface area contributed by atoms with Gasteiger partial charge in [-0.2, -0.15) is 13.2 Å². The van der Waals surface area contributed by atoms with E-state index in [1.54, 1.807) is 0 Å². The molecule has 1 saturated carbocycles. The van der Waals surface area contributed by atoms with Gasteiger partial charge in [0.1, 0.15) is 5.56 Å². The summed E-state index contributed by atoms with van der Waals surface area (Å²) in [6.45, 7) is 0. The lowest BCUT2D eigenvalue weighted by molar-refractivity contribution is -0.385. The lowest BCUT2D eigenvalue weighted by Crippen LogP contribution is -2.41. The van der Waals surface area contributed by atoms with E-state index in [1.165, 1.54) is 12.1 Å². The van der Waals surface area contributed by atoms with Crippen LogP contribution in [0.4, 0.5) is 18.9 Å². The number of nitrogens with one attached hydrogen (secondary N) is 1. The number of benzene rings is 1. The molecule has 1 fully saturated rings. The summed E-state index contributed by atoms with van der Waals surface area (Å²) >= 11 is 5.67. The summed E-state index contributed by atoms with van der Waals surface area (Å²) in [7, 11) is 0. The van der Waals surface area contributed by atoms with Gasteiger partial charge in [-0.3, -0.25) is 14.9 Å². The molecule has 126 valence electrons. The molecule has 1 N–H and O–H groups in total. The molecule has 5 nitrogen and oxygen atoms in total. The standard InChI is InChI=1S/C14H14ClF3N2O3/c15-9-4-5-11(12(7-9)20(22)23)13(21)19-10-3-1-2-8(6-10)14(16,17)18/h4-5,7-8,10H,1-3,6H2,(H,19,21). The van der Waals surface area contributed by atoms with Crippen LogP contribution < -0.4 is 5.32 Å². The number of amides is 1. The second-order valence-corrected chi connectivity index (χ2v) is 5.93. The molecule has 0 spiro atoms. The molecule has 1 aliphatic rings. The Bertz CT molecular complexity index is 622. The zero-order chi connectivity index (χ0) is 17.2. The fourth-order valence-electron chi connectivity index (χ4n) is 2.73. The number of nitro benzene ring substituents is 1. The van der Waals surface area contributed by atoms with E-state index in [0.29, 0.717) is 12.8 Å². The molecule has 2 atom stereocenters. The first-order valence-electron chi connectivity index (χ1n) is 7.00. The van der Waals surface area contributed by atoms with Gasteiger partial charge in [-0.25, -0.2) is 0 Å². The average Bonchev–Trinajstić information content (AvgIpc) is 2.46. The lowest BCUT2D eigenvalue weighted by atomic mass is 9.85. The smallest absolute Gasteiger partial charge is 0.349 e. The number of carbonyl (C=O) groups excluding carboxylic acids is 1. The van der Waals surface area contributed by atoms with Crippen molar-refractivity contribution in [3.63, 3.8) is 0 Å². The maximum absolute atomic E-state index is 12.8. The zero-order valence-electron chi connectivity index (χ0n) is 11.9. The van der Waals surface area contributed by atoms with Crippen LogP contribution in [0.1, 0.15) is 36.0 Å². The van der Waals surface area contributed by atoms with Crippen LogP contribution in [0.5, 0.6) is 0 Å². The molecule has 1 amide bonds. The molecule has 9 heteroatoms. The second kappa shape index (κ2) is 6.74. The summed E-state index contributed by atoms with van der Waals surface area (Å²) < 4.78 is 38.3. The average molecular weight is 351 g/mol. The van der Waals surface area contributed by atoms with Crippen molar-refractivity contribution in [2.24, 2.45) is 5.92 Å². The number of alkyl halides is 3. The number of nitrogens with zero attached hydrogens (tertiary/aromatic N) is 1. The summed E-state index contributed by atoms with van der Waals surface area (Å²) in [5, 5.41) is 13.5. The molecule has 0 bridgehead atoms. The fraction of sp³-hybridized carbons (Fsp3) is 0.500. The lowest BCUT2D eigenvalue weighted by Gasteiger charge is -2.31. The Morgan fingerprint density at radius 2 is 2.04 bits per heavy atom. The normalized spacial score (nSPS) is 21.7. The molecule has 0 aliphatic heterocycles. The molecule has 0 radical (unpaired) electrons. The Morgan fingerprint density at radius 3 is 2.65 bits per heavy atom. The van der Waals surface area contributed by atoms with E-state index < -0.39 is 34.7 Å². The predicted molar refractivity (Wildman–Crippen MR) is 77.4 cm³/mol. The van der Waals surface area contributed by atoms with Crippen molar-refractivity contribution in [3.05, 3.63) is 38.9 Å². The van der Waals surface area contributed by atoms with Crippen molar-refractivity contribution in [1.82, 2.24) is 5.32 Å². The van der Waals surface area contributed by atoms with Gasteiger partial charge in [0.15, 0.2) is 0 Å². The quantitative estimate of drug-likeness (QED) is 0.659. The largest absolute Gasteiger partial charge is 0.391 e. The Balaban J connectivity index is 2.12. The molecule has 2 rings (SSSR count). The van der Waals surface area contributed by atoms with Gasteiger partial charge in [0.2, 0.25) is 0 Å². The van der Waals surface area contributed by atoms with Gasteiger partial charge in [0, 0.05) is 17.1 Å². The number of nitro groups is 1. The van der Waals surface area contributed by atoms with E-state index in [2.05, 4.69) is 5.32 Å². The molecular weight excluding hydrogens is 337 g/mol. The minimum absolute atomic E-state index is 0.0387. The van der Waals surface area contributed by atoms with E-state index in [4.69, 9.17) is 11.6 Å². The number of hydrogen-bond donors (Lipinski definition) is 1. The van der Waals surface area contributed by atoms with Crippen molar-refractivity contribution in [2.45, 2.75) is 37.9 Å².